The van der Waals surface area contributed by atoms with Crippen molar-refractivity contribution in [3.8, 4) is 5.75 Å². The number of anilines is 1. The third kappa shape index (κ3) is 4.44. The number of imidazole rings is 1. The number of aliphatic hydroxyl groups excluding tert-OH is 1. The highest BCUT2D eigenvalue weighted by atomic mass is 32.1. The maximum Gasteiger partial charge on any atom is 0.350 e. The Balaban J connectivity index is 1.72. The molecule has 200 valence electrons. The Bertz CT molecular complexity index is 1640. The fourth-order valence-electron chi connectivity index (χ4n) is 4.66. The number of nitrogens with zero attached hydrogens (tertiary/aromatic N) is 4. The number of ketones is 1. The van der Waals surface area contributed by atoms with Gasteiger partial charge in [0, 0.05) is 6.20 Å². The summed E-state index contributed by atoms with van der Waals surface area (Å²) < 4.78 is 12.4. The lowest BCUT2D eigenvalue weighted by Gasteiger charge is -2.23. The molecule has 10 nitrogen and oxygen atoms in total. The highest BCUT2D eigenvalue weighted by Crippen LogP contribution is 2.44. The van der Waals surface area contributed by atoms with Crippen molar-refractivity contribution in [3.05, 3.63) is 81.8 Å². The highest BCUT2D eigenvalue weighted by molar-refractivity contribution is 7.17. The fourth-order valence-corrected chi connectivity index (χ4v) is 5.64. The second-order valence-electron chi connectivity index (χ2n) is 8.78. The van der Waals surface area contributed by atoms with Gasteiger partial charge in [0.05, 0.1) is 36.2 Å². The molecule has 1 aliphatic heterocycles. The Hall–Kier alpha value is -4.51. The first-order valence-corrected chi connectivity index (χ1v) is 13.2. The normalized spacial score (nSPS) is 16.7. The monoisotopic (exact) mass is 546 g/mol. The number of esters is 1. The third-order valence-electron chi connectivity index (χ3n) is 6.33. The molecule has 1 amide bonds. The van der Waals surface area contributed by atoms with Crippen molar-refractivity contribution in [2.24, 2.45) is 0 Å². The molecule has 1 fully saturated rings. The van der Waals surface area contributed by atoms with Gasteiger partial charge in [-0.05, 0) is 57.5 Å². The van der Waals surface area contributed by atoms with Crippen LogP contribution >= 0.6 is 11.3 Å². The molecule has 4 heterocycles. The molecule has 5 rings (SSSR count). The maximum atomic E-state index is 13.6. The third-order valence-corrected chi connectivity index (χ3v) is 7.47. The van der Waals surface area contributed by atoms with E-state index in [9.17, 15) is 19.5 Å². The van der Waals surface area contributed by atoms with Crippen LogP contribution in [0.15, 0.2) is 54.2 Å². The maximum absolute atomic E-state index is 13.6. The number of benzene rings is 1. The van der Waals surface area contributed by atoms with Gasteiger partial charge in [-0.15, -0.1) is 0 Å². The summed E-state index contributed by atoms with van der Waals surface area (Å²) >= 11 is 0.958. The van der Waals surface area contributed by atoms with Gasteiger partial charge >= 0.3 is 11.9 Å². The number of ether oxygens (including phenoxy) is 2. The van der Waals surface area contributed by atoms with Crippen LogP contribution in [-0.4, -0.2) is 50.3 Å². The van der Waals surface area contributed by atoms with Gasteiger partial charge in [-0.25, -0.2) is 14.8 Å². The summed E-state index contributed by atoms with van der Waals surface area (Å²) in [6.07, 6.45) is 1.72. The second kappa shape index (κ2) is 10.3. The molecule has 1 atom stereocenters. The Kier molecular flexibility index (Phi) is 6.92. The van der Waals surface area contributed by atoms with Crippen LogP contribution in [-0.2, 0) is 14.3 Å². The first-order valence-electron chi connectivity index (χ1n) is 12.4. The SMILES string of the molecule is CCOC(=O)c1sc(N2C(=O)C(=O)/C(=C(/O)c3c(C)nc4ccccn34)C2c2ccc(OCC)cc2)nc1C. The predicted molar refractivity (Wildman–Crippen MR) is 145 cm³/mol. The Morgan fingerprint density at radius 2 is 1.77 bits per heavy atom. The van der Waals surface area contributed by atoms with E-state index in [1.807, 2.05) is 13.0 Å². The molecule has 3 aromatic heterocycles. The van der Waals surface area contributed by atoms with Crippen LogP contribution in [0.4, 0.5) is 5.13 Å². The Labute approximate surface area is 228 Å². The lowest BCUT2D eigenvalue weighted by molar-refractivity contribution is -0.132. The van der Waals surface area contributed by atoms with Gasteiger partial charge in [-0.1, -0.05) is 29.5 Å². The predicted octanol–water partition coefficient (Wildman–Crippen LogP) is 4.61. The first kappa shape index (κ1) is 26.1. The van der Waals surface area contributed by atoms with Crippen molar-refractivity contribution in [3.63, 3.8) is 0 Å². The van der Waals surface area contributed by atoms with E-state index >= 15 is 0 Å². The molecule has 1 aliphatic rings. The number of pyridine rings is 1. The van der Waals surface area contributed by atoms with Crippen molar-refractivity contribution in [2.45, 2.75) is 33.7 Å². The van der Waals surface area contributed by atoms with Crippen molar-refractivity contribution in [1.82, 2.24) is 14.4 Å². The van der Waals surface area contributed by atoms with E-state index in [0.717, 1.165) is 11.3 Å². The molecule has 1 N–H and O–H groups in total. The number of amides is 1. The minimum absolute atomic E-state index is 0.108. The summed E-state index contributed by atoms with van der Waals surface area (Å²) in [4.78, 5) is 50.0. The van der Waals surface area contributed by atoms with Crippen LogP contribution in [0.25, 0.3) is 11.4 Å². The molecule has 11 heteroatoms. The van der Waals surface area contributed by atoms with E-state index in [1.165, 1.54) is 4.90 Å². The largest absolute Gasteiger partial charge is 0.505 e. The molecular weight excluding hydrogens is 520 g/mol. The molecule has 0 radical (unpaired) electrons. The van der Waals surface area contributed by atoms with Gasteiger partial charge < -0.3 is 14.6 Å². The standard InChI is InChI=1S/C28H26N4O6S/c1-5-37-18-12-10-17(11-13-18)22-20(23(33)21-15(3)29-19-9-7-8-14-31(19)21)24(34)26(35)32(22)28-30-16(4)25(39-28)27(36)38-6-2/h7-14,22,33H,5-6H2,1-4H3/b23-20+. The summed E-state index contributed by atoms with van der Waals surface area (Å²) in [6.45, 7) is 7.58. The molecule has 1 saturated heterocycles. The van der Waals surface area contributed by atoms with Crippen LogP contribution in [0.3, 0.4) is 0 Å². The fraction of sp³-hybridized carbons (Fsp3) is 0.250. The number of hydrogen-bond acceptors (Lipinski definition) is 9. The highest BCUT2D eigenvalue weighted by Gasteiger charge is 2.49. The molecule has 0 spiro atoms. The van der Waals surface area contributed by atoms with Gasteiger partial charge in [0.1, 0.15) is 22.0 Å². The van der Waals surface area contributed by atoms with Crippen LogP contribution in [0, 0.1) is 13.8 Å². The van der Waals surface area contributed by atoms with Crippen LogP contribution in [0.5, 0.6) is 5.75 Å². The van der Waals surface area contributed by atoms with Crippen LogP contribution < -0.4 is 9.64 Å². The van der Waals surface area contributed by atoms with Gasteiger partial charge in [0.15, 0.2) is 10.9 Å². The number of rotatable bonds is 7. The molecule has 4 aromatic rings. The lowest BCUT2D eigenvalue weighted by Crippen LogP contribution is -2.29. The van der Waals surface area contributed by atoms with Crippen LogP contribution in [0.2, 0.25) is 0 Å². The molecule has 1 unspecified atom stereocenters. The summed E-state index contributed by atoms with van der Waals surface area (Å²) in [7, 11) is 0. The topological polar surface area (TPSA) is 123 Å². The van der Waals surface area contributed by atoms with E-state index in [4.69, 9.17) is 9.47 Å². The summed E-state index contributed by atoms with van der Waals surface area (Å²) in [5.41, 5.74) is 2.20. The first-order chi connectivity index (χ1) is 18.8. The summed E-state index contributed by atoms with van der Waals surface area (Å²) in [5, 5.41) is 11.8. The van der Waals surface area contributed by atoms with Gasteiger partial charge in [-0.3, -0.25) is 18.9 Å². The molecular formula is C28H26N4O6S. The number of thiazole rings is 1. The number of aryl methyl sites for hydroxylation is 2. The smallest absolute Gasteiger partial charge is 0.350 e. The van der Waals surface area contributed by atoms with E-state index in [2.05, 4.69) is 9.97 Å². The van der Waals surface area contributed by atoms with E-state index in [0.29, 0.717) is 40.6 Å². The Morgan fingerprint density at radius 1 is 1.03 bits per heavy atom. The quantitative estimate of drug-likeness (QED) is 0.154. The number of hydrogen-bond donors (Lipinski definition) is 1. The minimum atomic E-state index is -1.02. The lowest BCUT2D eigenvalue weighted by atomic mass is 9.96. The number of Topliss-reactive ketones (excluding diaryl/α,β-unsaturated/α-hetero) is 1. The zero-order chi connectivity index (χ0) is 27.8. The number of aliphatic hydroxyl groups is 1. The zero-order valence-electron chi connectivity index (χ0n) is 21.8. The zero-order valence-corrected chi connectivity index (χ0v) is 22.6. The average Bonchev–Trinajstić information content (AvgIpc) is 3.55. The minimum Gasteiger partial charge on any atom is -0.505 e. The average molecular weight is 547 g/mol. The van der Waals surface area contributed by atoms with Gasteiger partial charge in [0.25, 0.3) is 5.78 Å². The van der Waals surface area contributed by atoms with Gasteiger partial charge in [0.2, 0.25) is 0 Å². The number of carbonyl (C=O) groups is 3. The summed E-state index contributed by atoms with van der Waals surface area (Å²) in [5.74, 6) is -2.04. The van der Waals surface area contributed by atoms with E-state index < -0.39 is 23.7 Å². The van der Waals surface area contributed by atoms with Crippen molar-refractivity contribution in [2.75, 3.05) is 18.1 Å². The van der Waals surface area contributed by atoms with Gasteiger partial charge in [-0.2, -0.15) is 0 Å². The number of fused-ring (bicyclic) bond motifs is 1. The number of aromatic nitrogens is 3. The van der Waals surface area contributed by atoms with Crippen molar-refractivity contribution < 1.29 is 29.0 Å². The Morgan fingerprint density at radius 3 is 2.46 bits per heavy atom. The van der Waals surface area contributed by atoms with E-state index in [1.54, 1.807) is 67.8 Å². The molecule has 0 saturated carbocycles. The molecule has 39 heavy (non-hydrogen) atoms. The van der Waals surface area contributed by atoms with E-state index in [-0.39, 0.29) is 27.9 Å². The molecule has 0 bridgehead atoms. The van der Waals surface area contributed by atoms with Crippen LogP contribution in [0.1, 0.15) is 52.2 Å². The molecule has 1 aromatic carbocycles. The molecule has 0 aliphatic carbocycles. The van der Waals surface area contributed by atoms with Crippen molar-refractivity contribution in [1.29, 1.82) is 0 Å². The van der Waals surface area contributed by atoms with Crippen molar-refractivity contribution >= 4 is 45.5 Å². The summed E-state index contributed by atoms with van der Waals surface area (Å²) in [6, 6.07) is 11.3. The second-order valence-corrected chi connectivity index (χ2v) is 9.75. The number of carbonyl (C=O) groups excluding carboxylic acids is 3.